The average Bonchev–Trinajstić information content (AvgIpc) is 2.57. The Bertz CT molecular complexity index is 510. The maximum atomic E-state index is 12.9. The summed E-state index contributed by atoms with van der Waals surface area (Å²) in [7, 11) is 0. The molecule has 1 aromatic heterocycles. The molecule has 2 aliphatic rings. The predicted molar refractivity (Wildman–Crippen MR) is 83.6 cm³/mol. The summed E-state index contributed by atoms with van der Waals surface area (Å²) >= 11 is 0. The zero-order chi connectivity index (χ0) is 15.5. The van der Waals surface area contributed by atoms with E-state index in [4.69, 9.17) is 4.74 Å². The van der Waals surface area contributed by atoms with Crippen LogP contribution >= 0.6 is 0 Å². The van der Waals surface area contributed by atoms with Crippen LogP contribution in [0.15, 0.2) is 18.5 Å². The summed E-state index contributed by atoms with van der Waals surface area (Å²) < 4.78 is 5.62. The number of anilines is 1. The quantitative estimate of drug-likeness (QED) is 0.825. The lowest BCUT2D eigenvalue weighted by molar-refractivity contribution is -0.147. The Morgan fingerprint density at radius 3 is 2.82 bits per heavy atom. The average molecular weight is 304 g/mol. The second kappa shape index (κ2) is 6.60. The predicted octanol–water partition coefficient (Wildman–Crippen LogP) is 1.33. The third-order valence-corrected chi connectivity index (χ3v) is 4.50. The molecule has 0 aromatic carbocycles. The summed E-state index contributed by atoms with van der Waals surface area (Å²) in [5, 5.41) is 0. The van der Waals surface area contributed by atoms with E-state index in [0.717, 1.165) is 25.3 Å². The van der Waals surface area contributed by atoms with E-state index in [-0.39, 0.29) is 24.0 Å². The minimum absolute atomic E-state index is 0.0327. The maximum absolute atomic E-state index is 12.9. The van der Waals surface area contributed by atoms with Gasteiger partial charge in [0.05, 0.1) is 24.7 Å². The molecule has 3 unspecified atom stereocenters. The Morgan fingerprint density at radius 1 is 1.27 bits per heavy atom. The molecule has 6 nitrogen and oxygen atoms in total. The normalized spacial score (nSPS) is 29.5. The molecule has 2 aliphatic heterocycles. The van der Waals surface area contributed by atoms with Crippen molar-refractivity contribution >= 4 is 11.9 Å². The number of rotatable bonds is 2. The van der Waals surface area contributed by atoms with E-state index >= 15 is 0 Å². The minimum Gasteiger partial charge on any atom is -0.375 e. The number of amides is 1. The Labute approximate surface area is 131 Å². The summed E-state index contributed by atoms with van der Waals surface area (Å²) in [6.07, 6.45) is 5.57. The minimum atomic E-state index is 0.0327. The van der Waals surface area contributed by atoms with E-state index in [0.29, 0.717) is 19.7 Å². The van der Waals surface area contributed by atoms with Crippen LogP contribution < -0.4 is 4.90 Å². The molecule has 22 heavy (non-hydrogen) atoms. The molecule has 0 N–H and O–H groups in total. The number of aromatic nitrogens is 2. The van der Waals surface area contributed by atoms with Gasteiger partial charge in [-0.2, -0.15) is 0 Å². The van der Waals surface area contributed by atoms with Gasteiger partial charge in [-0.25, -0.2) is 9.97 Å². The lowest BCUT2D eigenvalue weighted by Crippen LogP contribution is -2.54. The van der Waals surface area contributed by atoms with Crippen molar-refractivity contribution in [3.05, 3.63) is 18.5 Å². The standard InChI is InChI=1S/C16H24N4O2/c1-12-11-22-13(2)9-20(12)15(21)14-5-3-8-19(10-14)16-17-6-4-7-18-16/h4,6-7,12-14H,3,5,8-11H2,1-2H3. The molecule has 3 heterocycles. The van der Waals surface area contributed by atoms with Gasteiger partial charge in [0.2, 0.25) is 11.9 Å². The summed E-state index contributed by atoms with van der Waals surface area (Å²) in [5.41, 5.74) is 0. The first-order chi connectivity index (χ1) is 10.6. The number of ether oxygens (including phenoxy) is 1. The Kier molecular flexibility index (Phi) is 4.57. The lowest BCUT2D eigenvalue weighted by atomic mass is 9.95. The molecule has 2 fully saturated rings. The van der Waals surface area contributed by atoms with Crippen molar-refractivity contribution in [2.24, 2.45) is 5.92 Å². The molecule has 1 amide bonds. The molecule has 2 saturated heterocycles. The van der Waals surface area contributed by atoms with Crippen molar-refractivity contribution in [3.8, 4) is 0 Å². The highest BCUT2D eigenvalue weighted by atomic mass is 16.5. The van der Waals surface area contributed by atoms with Gasteiger partial charge in [-0.3, -0.25) is 4.79 Å². The smallest absolute Gasteiger partial charge is 0.227 e. The fourth-order valence-electron chi connectivity index (χ4n) is 3.26. The molecule has 120 valence electrons. The highest BCUT2D eigenvalue weighted by Crippen LogP contribution is 2.24. The van der Waals surface area contributed by atoms with Gasteiger partial charge in [-0.05, 0) is 32.8 Å². The third kappa shape index (κ3) is 3.21. The fraction of sp³-hybridized carbons (Fsp3) is 0.688. The SMILES string of the molecule is CC1CN(C(=O)C2CCCN(c3ncccn3)C2)C(C)CO1. The number of morpholine rings is 1. The first kappa shape index (κ1) is 15.2. The molecule has 0 radical (unpaired) electrons. The van der Waals surface area contributed by atoms with Gasteiger partial charge >= 0.3 is 0 Å². The molecule has 0 spiro atoms. The van der Waals surface area contributed by atoms with Crippen molar-refractivity contribution in [1.29, 1.82) is 0 Å². The second-order valence-electron chi connectivity index (χ2n) is 6.32. The largest absolute Gasteiger partial charge is 0.375 e. The van der Waals surface area contributed by atoms with Crippen LogP contribution in [0.1, 0.15) is 26.7 Å². The van der Waals surface area contributed by atoms with Crippen LogP contribution in [0.5, 0.6) is 0 Å². The topological polar surface area (TPSA) is 58.6 Å². The van der Waals surface area contributed by atoms with Crippen LogP contribution in [0.3, 0.4) is 0 Å². The van der Waals surface area contributed by atoms with Gasteiger partial charge in [0.15, 0.2) is 0 Å². The maximum Gasteiger partial charge on any atom is 0.227 e. The molecular formula is C16H24N4O2. The van der Waals surface area contributed by atoms with Crippen molar-refractivity contribution in [2.75, 3.05) is 31.1 Å². The van der Waals surface area contributed by atoms with E-state index in [1.165, 1.54) is 0 Å². The van der Waals surface area contributed by atoms with Crippen LogP contribution in [0.4, 0.5) is 5.95 Å². The van der Waals surface area contributed by atoms with Crippen molar-refractivity contribution in [1.82, 2.24) is 14.9 Å². The first-order valence-electron chi connectivity index (χ1n) is 8.09. The zero-order valence-electron chi connectivity index (χ0n) is 13.3. The monoisotopic (exact) mass is 304 g/mol. The number of carbonyl (C=O) groups is 1. The number of nitrogens with zero attached hydrogens (tertiary/aromatic N) is 4. The second-order valence-corrected chi connectivity index (χ2v) is 6.32. The Morgan fingerprint density at radius 2 is 2.05 bits per heavy atom. The van der Waals surface area contributed by atoms with Crippen LogP contribution in [0.25, 0.3) is 0 Å². The summed E-state index contributed by atoms with van der Waals surface area (Å²) in [4.78, 5) is 25.6. The number of piperidine rings is 1. The van der Waals surface area contributed by atoms with E-state index < -0.39 is 0 Å². The molecule has 1 aromatic rings. The third-order valence-electron chi connectivity index (χ3n) is 4.50. The molecular weight excluding hydrogens is 280 g/mol. The molecule has 0 aliphatic carbocycles. The molecule has 3 atom stereocenters. The summed E-state index contributed by atoms with van der Waals surface area (Å²) in [5.74, 6) is 1.01. The number of hydrogen-bond donors (Lipinski definition) is 0. The van der Waals surface area contributed by atoms with Crippen molar-refractivity contribution < 1.29 is 9.53 Å². The first-order valence-corrected chi connectivity index (χ1v) is 8.09. The van der Waals surface area contributed by atoms with Gasteiger partial charge in [0.25, 0.3) is 0 Å². The van der Waals surface area contributed by atoms with E-state index in [1.54, 1.807) is 12.4 Å². The fourth-order valence-corrected chi connectivity index (χ4v) is 3.26. The molecule has 3 rings (SSSR count). The van der Waals surface area contributed by atoms with Crippen LogP contribution in [0, 0.1) is 5.92 Å². The van der Waals surface area contributed by atoms with E-state index in [9.17, 15) is 4.79 Å². The summed E-state index contributed by atoms with van der Waals surface area (Å²) in [6.45, 7) is 7.04. The molecule has 6 heteroatoms. The van der Waals surface area contributed by atoms with Gasteiger partial charge in [0, 0.05) is 32.0 Å². The lowest BCUT2D eigenvalue weighted by Gasteiger charge is -2.41. The van der Waals surface area contributed by atoms with Crippen LogP contribution in [0.2, 0.25) is 0 Å². The van der Waals surface area contributed by atoms with Gasteiger partial charge in [0.1, 0.15) is 0 Å². The van der Waals surface area contributed by atoms with Crippen molar-refractivity contribution in [3.63, 3.8) is 0 Å². The van der Waals surface area contributed by atoms with Gasteiger partial charge < -0.3 is 14.5 Å². The highest BCUT2D eigenvalue weighted by Gasteiger charge is 2.34. The summed E-state index contributed by atoms with van der Waals surface area (Å²) in [6, 6.07) is 1.97. The number of hydrogen-bond acceptors (Lipinski definition) is 5. The van der Waals surface area contributed by atoms with E-state index in [2.05, 4.69) is 21.8 Å². The Hall–Kier alpha value is -1.69. The van der Waals surface area contributed by atoms with Crippen molar-refractivity contribution in [2.45, 2.75) is 38.8 Å². The van der Waals surface area contributed by atoms with E-state index in [1.807, 2.05) is 17.9 Å². The highest BCUT2D eigenvalue weighted by molar-refractivity contribution is 5.80. The molecule has 0 saturated carbocycles. The van der Waals surface area contributed by atoms with Crippen LogP contribution in [-0.2, 0) is 9.53 Å². The van der Waals surface area contributed by atoms with Gasteiger partial charge in [-0.1, -0.05) is 0 Å². The van der Waals surface area contributed by atoms with Crippen LogP contribution in [-0.4, -0.2) is 59.2 Å². The zero-order valence-corrected chi connectivity index (χ0v) is 13.3. The number of carbonyl (C=O) groups excluding carboxylic acids is 1. The molecule has 0 bridgehead atoms. The van der Waals surface area contributed by atoms with Gasteiger partial charge in [-0.15, -0.1) is 0 Å². The Balaban J connectivity index is 1.67.